The van der Waals surface area contributed by atoms with Crippen molar-refractivity contribution in [3.63, 3.8) is 0 Å². The average Bonchev–Trinajstić information content (AvgIpc) is 2.78. The summed E-state index contributed by atoms with van der Waals surface area (Å²) in [5.74, 6) is 0.453. The molecule has 1 aromatic heterocycles. The van der Waals surface area contributed by atoms with Crippen LogP contribution in [-0.2, 0) is 4.79 Å². The summed E-state index contributed by atoms with van der Waals surface area (Å²) in [6, 6.07) is 5.16. The predicted molar refractivity (Wildman–Crippen MR) is 67.8 cm³/mol. The fraction of sp³-hybridized carbons (Fsp3) is 0.500. The van der Waals surface area contributed by atoms with Gasteiger partial charge >= 0.3 is 0 Å². The minimum absolute atomic E-state index is 0.0349. The van der Waals surface area contributed by atoms with Crippen molar-refractivity contribution < 1.29 is 4.79 Å². The molecule has 0 aromatic carbocycles. The van der Waals surface area contributed by atoms with E-state index in [1.807, 2.05) is 0 Å². The molecule has 0 aliphatic heterocycles. The Morgan fingerprint density at radius 3 is 2.76 bits per heavy atom. The lowest BCUT2D eigenvalue weighted by molar-refractivity contribution is -0.124. The number of hydrogen-bond donors (Lipinski definition) is 2. The molecule has 0 atom stereocenters. The van der Waals surface area contributed by atoms with Crippen molar-refractivity contribution in [2.75, 3.05) is 11.9 Å². The Labute approximate surface area is 106 Å². The van der Waals surface area contributed by atoms with Gasteiger partial charge in [-0.05, 0) is 25.0 Å². The Morgan fingerprint density at radius 2 is 2.18 bits per heavy atom. The number of amides is 1. The first-order valence-corrected chi connectivity index (χ1v) is 6.18. The molecular weight excluding hydrogens is 238 g/mol. The topological polar surface area (TPSA) is 68.0 Å². The van der Waals surface area contributed by atoms with E-state index in [0.717, 1.165) is 25.7 Å². The SMILES string of the molecule is NCC1(C(=O)Nc2cccc(Cl)n2)CCCC1. The number of rotatable bonds is 3. The molecule has 0 radical (unpaired) electrons. The van der Waals surface area contributed by atoms with Crippen LogP contribution in [0.3, 0.4) is 0 Å². The van der Waals surface area contributed by atoms with Crippen LogP contribution in [0, 0.1) is 5.41 Å². The largest absolute Gasteiger partial charge is 0.329 e. The van der Waals surface area contributed by atoms with Gasteiger partial charge in [0.2, 0.25) is 5.91 Å². The van der Waals surface area contributed by atoms with Crippen molar-refractivity contribution in [3.05, 3.63) is 23.4 Å². The van der Waals surface area contributed by atoms with Gasteiger partial charge in [0.1, 0.15) is 11.0 Å². The minimum Gasteiger partial charge on any atom is -0.329 e. The fourth-order valence-corrected chi connectivity index (χ4v) is 2.47. The molecular formula is C12H16ClN3O. The number of aromatic nitrogens is 1. The van der Waals surface area contributed by atoms with Crippen LogP contribution in [0.5, 0.6) is 0 Å². The summed E-state index contributed by atoms with van der Waals surface area (Å²) in [4.78, 5) is 16.2. The van der Waals surface area contributed by atoms with Crippen LogP contribution in [0.15, 0.2) is 18.2 Å². The smallest absolute Gasteiger partial charge is 0.233 e. The summed E-state index contributed by atoms with van der Waals surface area (Å²) in [6.45, 7) is 0.388. The second kappa shape index (κ2) is 5.02. The molecule has 3 N–H and O–H groups in total. The van der Waals surface area contributed by atoms with Gasteiger partial charge in [0, 0.05) is 6.54 Å². The number of nitrogens with two attached hydrogens (primary N) is 1. The molecule has 1 aliphatic rings. The van der Waals surface area contributed by atoms with Gasteiger partial charge in [-0.2, -0.15) is 0 Å². The van der Waals surface area contributed by atoms with Gasteiger partial charge in [-0.25, -0.2) is 4.98 Å². The van der Waals surface area contributed by atoms with E-state index < -0.39 is 5.41 Å². The van der Waals surface area contributed by atoms with Crippen LogP contribution < -0.4 is 11.1 Å². The highest BCUT2D eigenvalue weighted by atomic mass is 35.5. The van der Waals surface area contributed by atoms with Gasteiger partial charge in [-0.15, -0.1) is 0 Å². The van der Waals surface area contributed by atoms with E-state index in [4.69, 9.17) is 17.3 Å². The van der Waals surface area contributed by atoms with E-state index in [9.17, 15) is 4.79 Å². The Morgan fingerprint density at radius 1 is 1.47 bits per heavy atom. The Hall–Kier alpha value is -1.13. The molecule has 0 saturated heterocycles. The zero-order valence-electron chi connectivity index (χ0n) is 9.58. The zero-order valence-corrected chi connectivity index (χ0v) is 10.3. The number of nitrogens with one attached hydrogen (secondary N) is 1. The van der Waals surface area contributed by atoms with Crippen molar-refractivity contribution in [1.29, 1.82) is 0 Å². The van der Waals surface area contributed by atoms with Gasteiger partial charge in [-0.1, -0.05) is 30.5 Å². The van der Waals surface area contributed by atoms with Crippen molar-refractivity contribution in [2.24, 2.45) is 11.1 Å². The first-order chi connectivity index (χ1) is 8.16. The van der Waals surface area contributed by atoms with E-state index in [-0.39, 0.29) is 5.91 Å². The van der Waals surface area contributed by atoms with E-state index >= 15 is 0 Å². The van der Waals surface area contributed by atoms with Crippen molar-refractivity contribution in [2.45, 2.75) is 25.7 Å². The first-order valence-electron chi connectivity index (χ1n) is 5.80. The van der Waals surface area contributed by atoms with Crippen LogP contribution in [-0.4, -0.2) is 17.4 Å². The summed E-state index contributed by atoms with van der Waals surface area (Å²) < 4.78 is 0. The summed E-state index contributed by atoms with van der Waals surface area (Å²) in [5, 5.41) is 3.17. The van der Waals surface area contributed by atoms with Crippen LogP contribution in [0.2, 0.25) is 5.15 Å². The van der Waals surface area contributed by atoms with Crippen LogP contribution >= 0.6 is 11.6 Å². The second-order valence-electron chi connectivity index (χ2n) is 4.49. The van der Waals surface area contributed by atoms with Crippen molar-refractivity contribution >= 4 is 23.3 Å². The fourth-order valence-electron chi connectivity index (χ4n) is 2.30. The molecule has 1 amide bonds. The maximum absolute atomic E-state index is 12.2. The average molecular weight is 254 g/mol. The molecule has 1 fully saturated rings. The molecule has 2 rings (SSSR count). The van der Waals surface area contributed by atoms with E-state index in [0.29, 0.717) is 17.5 Å². The van der Waals surface area contributed by atoms with Crippen molar-refractivity contribution in [1.82, 2.24) is 4.98 Å². The third-order valence-corrected chi connectivity index (χ3v) is 3.60. The summed E-state index contributed by atoms with van der Waals surface area (Å²) >= 11 is 5.77. The molecule has 92 valence electrons. The Kier molecular flexibility index (Phi) is 3.64. The van der Waals surface area contributed by atoms with Crippen molar-refractivity contribution in [3.8, 4) is 0 Å². The van der Waals surface area contributed by atoms with Gasteiger partial charge < -0.3 is 11.1 Å². The van der Waals surface area contributed by atoms with Gasteiger partial charge in [0.15, 0.2) is 0 Å². The van der Waals surface area contributed by atoms with E-state index in [1.165, 1.54) is 0 Å². The molecule has 17 heavy (non-hydrogen) atoms. The molecule has 1 aliphatic carbocycles. The van der Waals surface area contributed by atoms with Gasteiger partial charge in [-0.3, -0.25) is 4.79 Å². The molecule has 0 spiro atoms. The van der Waals surface area contributed by atoms with Crippen LogP contribution in [0.25, 0.3) is 0 Å². The highest BCUT2D eigenvalue weighted by Gasteiger charge is 2.39. The predicted octanol–water partition coefficient (Wildman–Crippen LogP) is 2.19. The quantitative estimate of drug-likeness (QED) is 0.812. The zero-order chi connectivity index (χ0) is 12.3. The molecule has 0 unspecified atom stereocenters. The number of halogens is 1. The highest BCUT2D eigenvalue weighted by Crippen LogP contribution is 2.38. The second-order valence-corrected chi connectivity index (χ2v) is 4.88. The molecule has 0 bridgehead atoms. The lowest BCUT2D eigenvalue weighted by Crippen LogP contribution is -2.40. The monoisotopic (exact) mass is 253 g/mol. The summed E-state index contributed by atoms with van der Waals surface area (Å²) in [5.41, 5.74) is 5.33. The maximum atomic E-state index is 12.2. The van der Waals surface area contributed by atoms with Gasteiger partial charge in [0.05, 0.1) is 5.41 Å². The number of carbonyl (C=O) groups excluding carboxylic acids is 1. The minimum atomic E-state index is -0.413. The number of nitrogens with zero attached hydrogens (tertiary/aromatic N) is 1. The number of pyridine rings is 1. The van der Waals surface area contributed by atoms with Crippen LogP contribution in [0.4, 0.5) is 5.82 Å². The lowest BCUT2D eigenvalue weighted by atomic mass is 9.85. The third kappa shape index (κ3) is 2.58. The van der Waals surface area contributed by atoms with E-state index in [1.54, 1.807) is 18.2 Å². The third-order valence-electron chi connectivity index (χ3n) is 3.39. The van der Waals surface area contributed by atoms with Gasteiger partial charge in [0.25, 0.3) is 0 Å². The number of carbonyl (C=O) groups is 1. The Balaban J connectivity index is 2.10. The van der Waals surface area contributed by atoms with E-state index in [2.05, 4.69) is 10.3 Å². The first kappa shape index (κ1) is 12.3. The number of anilines is 1. The maximum Gasteiger partial charge on any atom is 0.233 e. The number of hydrogen-bond acceptors (Lipinski definition) is 3. The molecule has 1 aromatic rings. The molecule has 4 nitrogen and oxygen atoms in total. The van der Waals surface area contributed by atoms with Crippen LogP contribution in [0.1, 0.15) is 25.7 Å². The summed E-state index contributed by atoms with van der Waals surface area (Å²) in [7, 11) is 0. The normalized spacial score (nSPS) is 18.0. The lowest BCUT2D eigenvalue weighted by Gasteiger charge is -2.25. The molecule has 1 heterocycles. The highest BCUT2D eigenvalue weighted by molar-refractivity contribution is 6.29. The molecule has 1 saturated carbocycles. The Bertz CT molecular complexity index is 416. The standard InChI is InChI=1S/C12H16ClN3O/c13-9-4-3-5-10(15-9)16-11(17)12(8-14)6-1-2-7-12/h3-5H,1-2,6-8,14H2,(H,15,16,17). The molecule has 5 heteroatoms. The summed E-state index contributed by atoms with van der Waals surface area (Å²) in [6.07, 6.45) is 3.84.